The van der Waals surface area contributed by atoms with E-state index in [1.54, 1.807) is 30.4 Å². The Morgan fingerprint density at radius 1 is 1.41 bits per heavy atom. The molecular formula is C12H14O5. The van der Waals surface area contributed by atoms with Crippen LogP contribution in [0, 0.1) is 0 Å². The van der Waals surface area contributed by atoms with Crippen molar-refractivity contribution in [2.24, 2.45) is 0 Å². The molecule has 5 heteroatoms. The average molecular weight is 238 g/mol. The molecule has 0 aliphatic carbocycles. The van der Waals surface area contributed by atoms with Gasteiger partial charge in [-0.2, -0.15) is 0 Å². The van der Waals surface area contributed by atoms with Crippen molar-refractivity contribution >= 4 is 12.0 Å². The Morgan fingerprint density at radius 2 is 2.18 bits per heavy atom. The third-order valence-electron chi connectivity index (χ3n) is 1.85. The van der Waals surface area contributed by atoms with Crippen molar-refractivity contribution in [1.82, 2.24) is 0 Å². The van der Waals surface area contributed by atoms with Crippen LogP contribution in [-0.4, -0.2) is 24.8 Å². The van der Waals surface area contributed by atoms with E-state index in [4.69, 9.17) is 14.7 Å². The molecule has 1 N–H and O–H groups in total. The van der Waals surface area contributed by atoms with Gasteiger partial charge in [-0.1, -0.05) is 18.2 Å². The van der Waals surface area contributed by atoms with Gasteiger partial charge in [0.1, 0.15) is 0 Å². The van der Waals surface area contributed by atoms with E-state index in [1.807, 2.05) is 0 Å². The van der Waals surface area contributed by atoms with E-state index in [9.17, 15) is 4.79 Å². The second kappa shape index (κ2) is 6.55. The van der Waals surface area contributed by atoms with E-state index >= 15 is 0 Å². The van der Waals surface area contributed by atoms with Crippen molar-refractivity contribution in [3.05, 3.63) is 29.8 Å². The van der Waals surface area contributed by atoms with Crippen molar-refractivity contribution in [2.45, 2.75) is 6.92 Å². The van der Waals surface area contributed by atoms with Crippen LogP contribution in [0.15, 0.2) is 24.3 Å². The Morgan fingerprint density at radius 3 is 2.76 bits per heavy atom. The molecule has 0 aromatic heterocycles. The summed E-state index contributed by atoms with van der Waals surface area (Å²) in [5.41, 5.74) is 0.839. The molecule has 0 saturated heterocycles. The van der Waals surface area contributed by atoms with Crippen molar-refractivity contribution in [3.63, 3.8) is 0 Å². The third-order valence-corrected chi connectivity index (χ3v) is 1.85. The molecule has 0 aliphatic heterocycles. The number of hydrogen-bond donors (Lipinski definition) is 1. The van der Waals surface area contributed by atoms with Crippen molar-refractivity contribution in [3.8, 4) is 11.5 Å². The van der Waals surface area contributed by atoms with Gasteiger partial charge in [0, 0.05) is 6.92 Å². The van der Waals surface area contributed by atoms with Crippen LogP contribution in [0.4, 0.5) is 0 Å². The Labute approximate surface area is 99.2 Å². The fraction of sp³-hybridized carbons (Fsp3) is 0.250. The monoisotopic (exact) mass is 238 g/mol. The van der Waals surface area contributed by atoms with Gasteiger partial charge in [-0.3, -0.25) is 9.78 Å². The minimum Gasteiger partial charge on any atom is -0.493 e. The maximum Gasteiger partial charge on any atom is 0.352 e. The van der Waals surface area contributed by atoms with Crippen LogP contribution in [0.3, 0.4) is 0 Å². The summed E-state index contributed by atoms with van der Waals surface area (Å²) >= 11 is 0. The van der Waals surface area contributed by atoms with Gasteiger partial charge in [-0.15, -0.1) is 0 Å². The van der Waals surface area contributed by atoms with Gasteiger partial charge in [-0.25, -0.2) is 4.79 Å². The zero-order valence-electron chi connectivity index (χ0n) is 9.67. The molecule has 0 spiro atoms. The SMILES string of the molecule is COc1cc(C=CCO)ccc1OOC(C)=O. The molecule has 1 aromatic carbocycles. The number of aliphatic hydroxyl groups excluding tert-OH is 1. The molecule has 0 atom stereocenters. The summed E-state index contributed by atoms with van der Waals surface area (Å²) in [6.07, 6.45) is 3.33. The van der Waals surface area contributed by atoms with Crippen LogP contribution in [0.2, 0.25) is 0 Å². The van der Waals surface area contributed by atoms with E-state index in [0.29, 0.717) is 11.5 Å². The van der Waals surface area contributed by atoms with Crippen LogP contribution in [0.25, 0.3) is 6.08 Å². The molecule has 0 saturated carbocycles. The average Bonchev–Trinajstić information content (AvgIpc) is 2.34. The highest BCUT2D eigenvalue weighted by Gasteiger charge is 2.07. The topological polar surface area (TPSA) is 65.0 Å². The van der Waals surface area contributed by atoms with Gasteiger partial charge >= 0.3 is 5.97 Å². The minimum absolute atomic E-state index is 0.0337. The number of hydrogen-bond acceptors (Lipinski definition) is 5. The fourth-order valence-electron chi connectivity index (χ4n) is 1.15. The number of carbonyl (C=O) groups excluding carboxylic acids is 1. The predicted octanol–water partition coefficient (Wildman–Crippen LogP) is 1.56. The number of ether oxygens (including phenoxy) is 1. The molecule has 0 heterocycles. The Hall–Kier alpha value is -2.01. The summed E-state index contributed by atoms with van der Waals surface area (Å²) in [6, 6.07) is 5.05. The molecule has 0 unspecified atom stereocenters. The third kappa shape index (κ3) is 4.16. The largest absolute Gasteiger partial charge is 0.493 e. The van der Waals surface area contributed by atoms with E-state index < -0.39 is 5.97 Å². The molecule has 0 amide bonds. The number of carbonyl (C=O) groups is 1. The van der Waals surface area contributed by atoms with Crippen LogP contribution in [-0.2, 0) is 9.68 Å². The molecule has 92 valence electrons. The summed E-state index contributed by atoms with van der Waals surface area (Å²) in [6.45, 7) is 1.21. The zero-order chi connectivity index (χ0) is 12.7. The Kier molecular flexibility index (Phi) is 5.03. The predicted molar refractivity (Wildman–Crippen MR) is 61.5 cm³/mol. The molecule has 0 aliphatic rings. The molecular weight excluding hydrogens is 224 g/mol. The molecule has 1 aromatic rings. The molecule has 0 bridgehead atoms. The maximum atomic E-state index is 10.6. The Bertz CT molecular complexity index is 411. The highest BCUT2D eigenvalue weighted by atomic mass is 17.2. The smallest absolute Gasteiger partial charge is 0.352 e. The maximum absolute atomic E-state index is 10.6. The van der Waals surface area contributed by atoms with Crippen molar-refractivity contribution in [2.75, 3.05) is 13.7 Å². The first kappa shape index (κ1) is 13.1. The summed E-state index contributed by atoms with van der Waals surface area (Å²) in [7, 11) is 1.48. The minimum atomic E-state index is -0.545. The van der Waals surface area contributed by atoms with Crippen LogP contribution >= 0.6 is 0 Å². The molecule has 17 heavy (non-hydrogen) atoms. The van der Waals surface area contributed by atoms with Gasteiger partial charge in [0.2, 0.25) is 5.75 Å². The van der Waals surface area contributed by atoms with E-state index in [2.05, 4.69) is 4.89 Å². The molecule has 5 nitrogen and oxygen atoms in total. The highest BCUT2D eigenvalue weighted by molar-refractivity contribution is 5.65. The summed E-state index contributed by atoms with van der Waals surface area (Å²) < 4.78 is 5.09. The first-order valence-electron chi connectivity index (χ1n) is 4.98. The number of rotatable bonds is 5. The number of aliphatic hydroxyl groups is 1. The number of benzene rings is 1. The fourth-order valence-corrected chi connectivity index (χ4v) is 1.15. The van der Waals surface area contributed by atoms with Crippen LogP contribution in [0.1, 0.15) is 12.5 Å². The number of methoxy groups -OCH3 is 1. The van der Waals surface area contributed by atoms with Crippen LogP contribution < -0.4 is 9.62 Å². The first-order chi connectivity index (χ1) is 8.17. The summed E-state index contributed by atoms with van der Waals surface area (Å²) in [4.78, 5) is 19.8. The second-order valence-electron chi connectivity index (χ2n) is 3.15. The van der Waals surface area contributed by atoms with Crippen LogP contribution in [0.5, 0.6) is 11.5 Å². The lowest BCUT2D eigenvalue weighted by molar-refractivity contribution is -0.211. The van der Waals surface area contributed by atoms with E-state index in [0.717, 1.165) is 5.56 Å². The van der Waals surface area contributed by atoms with Gasteiger partial charge in [0.25, 0.3) is 0 Å². The quantitative estimate of drug-likeness (QED) is 0.623. The second-order valence-corrected chi connectivity index (χ2v) is 3.15. The lowest BCUT2D eigenvalue weighted by Gasteiger charge is -2.08. The Balaban J connectivity index is 2.85. The molecule has 1 rings (SSSR count). The van der Waals surface area contributed by atoms with Gasteiger partial charge < -0.3 is 9.84 Å². The van der Waals surface area contributed by atoms with E-state index in [1.165, 1.54) is 14.0 Å². The van der Waals surface area contributed by atoms with Gasteiger partial charge in [0.05, 0.1) is 13.7 Å². The normalized spacial score (nSPS) is 10.3. The standard InChI is InChI=1S/C12H14O5/c1-9(14)16-17-11-6-5-10(4-3-7-13)8-12(11)15-2/h3-6,8,13H,7H2,1-2H3. The lowest BCUT2D eigenvalue weighted by Crippen LogP contribution is -2.03. The summed E-state index contributed by atoms with van der Waals surface area (Å²) in [5, 5.41) is 8.65. The van der Waals surface area contributed by atoms with Gasteiger partial charge in [0.15, 0.2) is 5.75 Å². The highest BCUT2D eigenvalue weighted by Crippen LogP contribution is 2.28. The van der Waals surface area contributed by atoms with Gasteiger partial charge in [-0.05, 0) is 17.7 Å². The zero-order valence-corrected chi connectivity index (χ0v) is 9.67. The van der Waals surface area contributed by atoms with E-state index in [-0.39, 0.29) is 6.61 Å². The van der Waals surface area contributed by atoms with Crippen molar-refractivity contribution < 1.29 is 24.4 Å². The lowest BCUT2D eigenvalue weighted by atomic mass is 10.2. The summed E-state index contributed by atoms with van der Waals surface area (Å²) in [5.74, 6) is 0.200. The van der Waals surface area contributed by atoms with Crippen molar-refractivity contribution in [1.29, 1.82) is 0 Å². The molecule has 0 fully saturated rings. The first-order valence-corrected chi connectivity index (χ1v) is 4.98. The molecule has 0 radical (unpaired) electrons.